The fraction of sp³-hybridized carbons (Fsp3) is 0.867. The summed E-state index contributed by atoms with van der Waals surface area (Å²) >= 11 is 1.52. The number of hydrogen-bond donors (Lipinski definition) is 1. The first-order valence-corrected chi connectivity index (χ1v) is 8.63. The normalized spacial score (nSPS) is 13.3. The van der Waals surface area contributed by atoms with Gasteiger partial charge >= 0.3 is 5.97 Å². The Morgan fingerprint density at radius 2 is 1.76 bits per heavy atom. The zero-order valence-corrected chi connectivity index (χ0v) is 15.0. The Morgan fingerprint density at radius 3 is 2.19 bits per heavy atom. The second-order valence-electron chi connectivity index (χ2n) is 6.29. The number of carbonyl (C=O) groups excluding carboxylic acids is 1. The Balaban J connectivity index is 4.57. The van der Waals surface area contributed by atoms with E-state index >= 15 is 0 Å². The molecule has 1 amide bonds. The van der Waals surface area contributed by atoms with Gasteiger partial charge in [-0.05, 0) is 47.4 Å². The Morgan fingerprint density at radius 1 is 1.19 bits per heavy atom. The van der Waals surface area contributed by atoms with E-state index in [0.29, 0.717) is 19.5 Å². The van der Waals surface area contributed by atoms with E-state index in [2.05, 4.69) is 25.7 Å². The number of amides is 1. The first-order valence-electron chi connectivity index (χ1n) is 7.34. The van der Waals surface area contributed by atoms with Crippen molar-refractivity contribution in [3.8, 4) is 0 Å². The number of carbonyl (C=O) groups is 2. The highest BCUT2D eigenvalue weighted by atomic mass is 32.2. The molecule has 1 atom stereocenters. The highest BCUT2D eigenvalue weighted by Crippen LogP contribution is 2.13. The van der Waals surface area contributed by atoms with Gasteiger partial charge in [-0.15, -0.1) is 0 Å². The topological polar surface area (TPSA) is 60.9 Å². The Labute approximate surface area is 133 Å². The van der Waals surface area contributed by atoms with Crippen LogP contribution in [-0.2, 0) is 9.59 Å². The van der Waals surface area contributed by atoms with Crippen LogP contribution in [0.15, 0.2) is 0 Å². The fourth-order valence-electron chi connectivity index (χ4n) is 1.72. The van der Waals surface area contributed by atoms with Gasteiger partial charge in [0, 0.05) is 31.6 Å². The molecule has 6 heteroatoms. The average molecular weight is 318 g/mol. The molecule has 0 heterocycles. The van der Waals surface area contributed by atoms with Crippen LogP contribution in [0.1, 0.15) is 40.5 Å². The van der Waals surface area contributed by atoms with Crippen LogP contribution in [-0.4, -0.2) is 70.5 Å². The molecule has 0 aromatic rings. The molecule has 1 unspecified atom stereocenters. The second-order valence-corrected chi connectivity index (χ2v) is 7.47. The van der Waals surface area contributed by atoms with Crippen LogP contribution in [0.2, 0.25) is 0 Å². The van der Waals surface area contributed by atoms with Gasteiger partial charge in [-0.3, -0.25) is 14.5 Å². The lowest BCUT2D eigenvalue weighted by Gasteiger charge is -2.34. The van der Waals surface area contributed by atoms with Gasteiger partial charge < -0.3 is 10.0 Å². The molecule has 0 radical (unpaired) electrons. The van der Waals surface area contributed by atoms with Crippen LogP contribution in [0.5, 0.6) is 0 Å². The number of likely N-dealkylation sites (N-methyl/N-ethyl adjacent to an activating group) is 1. The number of thioether (sulfide) groups is 1. The lowest BCUT2D eigenvalue weighted by molar-refractivity contribution is -0.138. The van der Waals surface area contributed by atoms with Crippen LogP contribution < -0.4 is 0 Å². The van der Waals surface area contributed by atoms with E-state index in [1.54, 1.807) is 4.90 Å². The maximum atomic E-state index is 12.4. The summed E-state index contributed by atoms with van der Waals surface area (Å²) in [7, 11) is 2.04. The predicted octanol–water partition coefficient (Wildman–Crippen LogP) is 2.16. The number of rotatable bonds is 9. The molecule has 0 aliphatic rings. The van der Waals surface area contributed by atoms with Crippen molar-refractivity contribution in [1.82, 2.24) is 9.80 Å². The van der Waals surface area contributed by atoms with Gasteiger partial charge in [-0.25, -0.2) is 0 Å². The van der Waals surface area contributed by atoms with E-state index in [9.17, 15) is 9.59 Å². The first-order chi connectivity index (χ1) is 9.59. The summed E-state index contributed by atoms with van der Waals surface area (Å²) in [4.78, 5) is 27.0. The maximum absolute atomic E-state index is 12.4. The highest BCUT2D eigenvalue weighted by Gasteiger charge is 2.22. The minimum absolute atomic E-state index is 0.0565. The van der Waals surface area contributed by atoms with Gasteiger partial charge in [0.2, 0.25) is 5.91 Å². The third kappa shape index (κ3) is 8.31. The third-order valence-corrected chi connectivity index (χ3v) is 4.59. The summed E-state index contributed by atoms with van der Waals surface area (Å²) < 4.78 is 0. The highest BCUT2D eigenvalue weighted by molar-refractivity contribution is 7.99. The van der Waals surface area contributed by atoms with E-state index < -0.39 is 5.97 Å². The molecule has 0 aliphatic heterocycles. The van der Waals surface area contributed by atoms with Crippen molar-refractivity contribution in [2.45, 2.75) is 51.3 Å². The summed E-state index contributed by atoms with van der Waals surface area (Å²) in [6.07, 6.45) is 2.52. The van der Waals surface area contributed by atoms with Crippen LogP contribution in [0.25, 0.3) is 0 Å². The zero-order chi connectivity index (χ0) is 16.6. The Kier molecular flexibility index (Phi) is 8.97. The molecule has 0 saturated heterocycles. The van der Waals surface area contributed by atoms with Crippen LogP contribution in [0, 0.1) is 0 Å². The molecule has 0 aromatic heterocycles. The van der Waals surface area contributed by atoms with Crippen LogP contribution >= 0.6 is 11.8 Å². The SMILES string of the molecule is CSC(C)C(=O)N(CCCC(=O)O)CCN(C)C(C)(C)C. The lowest BCUT2D eigenvalue weighted by Crippen LogP contribution is -2.46. The van der Waals surface area contributed by atoms with Crippen LogP contribution in [0.3, 0.4) is 0 Å². The largest absolute Gasteiger partial charge is 0.481 e. The van der Waals surface area contributed by atoms with Crippen molar-refractivity contribution in [2.24, 2.45) is 0 Å². The summed E-state index contributed by atoms with van der Waals surface area (Å²) in [5.41, 5.74) is 0.0565. The monoisotopic (exact) mass is 318 g/mol. The maximum Gasteiger partial charge on any atom is 0.303 e. The second kappa shape index (κ2) is 9.30. The smallest absolute Gasteiger partial charge is 0.303 e. The third-order valence-electron chi connectivity index (χ3n) is 3.68. The van der Waals surface area contributed by atoms with Gasteiger partial charge in [-0.1, -0.05) is 0 Å². The molecule has 124 valence electrons. The number of carboxylic acids is 1. The lowest BCUT2D eigenvalue weighted by atomic mass is 10.1. The summed E-state index contributed by atoms with van der Waals surface area (Å²) in [6, 6.07) is 0. The van der Waals surface area contributed by atoms with Gasteiger partial charge in [0.1, 0.15) is 0 Å². The Bertz CT molecular complexity index is 342. The van der Waals surface area contributed by atoms with E-state index in [4.69, 9.17) is 5.11 Å². The molecule has 0 spiro atoms. The van der Waals surface area contributed by atoms with Gasteiger partial charge in [0.25, 0.3) is 0 Å². The van der Waals surface area contributed by atoms with E-state index in [-0.39, 0.29) is 23.1 Å². The molecule has 0 rings (SSSR count). The minimum Gasteiger partial charge on any atom is -0.481 e. The summed E-state index contributed by atoms with van der Waals surface area (Å²) in [5, 5.41) is 8.64. The standard InChI is InChI=1S/C15H30N2O3S/c1-12(21-6)14(20)17(9-7-8-13(18)19)11-10-16(5)15(2,3)4/h12H,7-11H2,1-6H3,(H,18,19). The molecule has 1 N–H and O–H groups in total. The van der Waals surface area contributed by atoms with E-state index in [0.717, 1.165) is 6.54 Å². The average Bonchev–Trinajstić information content (AvgIpc) is 2.38. The molecular formula is C15H30N2O3S. The van der Waals surface area contributed by atoms with Gasteiger partial charge in [0.15, 0.2) is 0 Å². The number of hydrogen-bond acceptors (Lipinski definition) is 4. The van der Waals surface area contributed by atoms with Crippen molar-refractivity contribution in [3.63, 3.8) is 0 Å². The van der Waals surface area contributed by atoms with Crippen molar-refractivity contribution < 1.29 is 14.7 Å². The summed E-state index contributed by atoms with van der Waals surface area (Å²) in [5.74, 6) is -0.720. The van der Waals surface area contributed by atoms with Crippen molar-refractivity contribution >= 4 is 23.6 Å². The van der Waals surface area contributed by atoms with Gasteiger partial charge in [-0.2, -0.15) is 11.8 Å². The van der Waals surface area contributed by atoms with Crippen LogP contribution in [0.4, 0.5) is 0 Å². The molecule has 0 bridgehead atoms. The number of aliphatic carboxylic acids is 1. The first kappa shape index (κ1) is 20.2. The number of nitrogens with zero attached hydrogens (tertiary/aromatic N) is 2. The summed E-state index contributed by atoms with van der Waals surface area (Å²) in [6.45, 7) is 10.2. The molecule has 0 saturated carbocycles. The quantitative estimate of drug-likeness (QED) is 0.706. The molecule has 0 fully saturated rings. The van der Waals surface area contributed by atoms with Crippen molar-refractivity contribution in [1.29, 1.82) is 0 Å². The molecule has 0 aliphatic carbocycles. The van der Waals surface area contributed by atoms with Crippen molar-refractivity contribution in [2.75, 3.05) is 32.9 Å². The minimum atomic E-state index is -0.813. The molecule has 21 heavy (non-hydrogen) atoms. The fourth-order valence-corrected chi connectivity index (χ4v) is 2.07. The zero-order valence-electron chi connectivity index (χ0n) is 14.2. The molecule has 0 aromatic carbocycles. The molecular weight excluding hydrogens is 288 g/mol. The van der Waals surface area contributed by atoms with E-state index in [1.807, 2.05) is 20.2 Å². The predicted molar refractivity (Wildman–Crippen MR) is 88.8 cm³/mol. The molecule has 5 nitrogen and oxygen atoms in total. The Hall–Kier alpha value is -0.750. The van der Waals surface area contributed by atoms with Gasteiger partial charge in [0.05, 0.1) is 5.25 Å². The van der Waals surface area contributed by atoms with E-state index in [1.165, 1.54) is 11.8 Å². The van der Waals surface area contributed by atoms with Crippen molar-refractivity contribution in [3.05, 3.63) is 0 Å². The number of carboxylic acid groups (broad SMARTS) is 1.